The third kappa shape index (κ3) is 4.72. The fourth-order valence-corrected chi connectivity index (χ4v) is 2.38. The topological polar surface area (TPSA) is 38.3 Å². The molecule has 0 aliphatic heterocycles. The lowest BCUT2D eigenvalue weighted by atomic mass is 9.97. The molecule has 20 heavy (non-hydrogen) atoms. The van der Waals surface area contributed by atoms with E-state index in [1.807, 2.05) is 30.3 Å². The van der Waals surface area contributed by atoms with Crippen LogP contribution in [0.2, 0.25) is 0 Å². The number of carbonyl (C=O) groups excluding carboxylic acids is 1. The summed E-state index contributed by atoms with van der Waals surface area (Å²) in [6, 6.07) is 9.44. The number of hydrogen-bond acceptors (Lipinski definition) is 2. The maximum Gasteiger partial charge on any atom is 0.260 e. The Kier molecular flexibility index (Phi) is 5.66. The van der Waals surface area contributed by atoms with Crippen LogP contribution in [0.3, 0.4) is 0 Å². The quantitative estimate of drug-likeness (QED) is 0.806. The number of nitrogens with one attached hydrogen (secondary N) is 1. The molecule has 1 atom stereocenters. The van der Waals surface area contributed by atoms with Gasteiger partial charge in [-0.25, -0.2) is 0 Å². The molecule has 3 heteroatoms. The molecule has 3 nitrogen and oxygen atoms in total. The van der Waals surface area contributed by atoms with Crippen molar-refractivity contribution in [3.63, 3.8) is 0 Å². The molecule has 1 aromatic carbocycles. The van der Waals surface area contributed by atoms with E-state index in [2.05, 4.69) is 11.4 Å². The minimum absolute atomic E-state index is 0.0507. The van der Waals surface area contributed by atoms with E-state index in [-0.39, 0.29) is 5.91 Å². The van der Waals surface area contributed by atoms with Gasteiger partial charge in [0.25, 0.3) is 5.91 Å². The van der Waals surface area contributed by atoms with Crippen molar-refractivity contribution >= 4 is 5.91 Å². The van der Waals surface area contributed by atoms with Crippen LogP contribution in [-0.4, -0.2) is 18.6 Å². The fraction of sp³-hybridized carbons (Fsp3) is 0.471. The van der Waals surface area contributed by atoms with Crippen molar-refractivity contribution in [2.24, 2.45) is 0 Å². The van der Waals surface area contributed by atoms with E-state index in [9.17, 15) is 4.79 Å². The van der Waals surface area contributed by atoms with Crippen LogP contribution in [0.1, 0.15) is 39.0 Å². The fourth-order valence-electron chi connectivity index (χ4n) is 2.38. The van der Waals surface area contributed by atoms with Gasteiger partial charge in [-0.1, -0.05) is 29.8 Å². The van der Waals surface area contributed by atoms with Crippen LogP contribution in [0.15, 0.2) is 42.0 Å². The molecule has 0 heterocycles. The molecule has 0 spiro atoms. The van der Waals surface area contributed by atoms with Crippen LogP contribution < -0.4 is 10.1 Å². The van der Waals surface area contributed by atoms with Gasteiger partial charge in [0.2, 0.25) is 0 Å². The van der Waals surface area contributed by atoms with Crippen LogP contribution in [0.25, 0.3) is 0 Å². The van der Waals surface area contributed by atoms with Gasteiger partial charge in [0.15, 0.2) is 6.10 Å². The molecule has 1 amide bonds. The summed E-state index contributed by atoms with van der Waals surface area (Å²) >= 11 is 0. The van der Waals surface area contributed by atoms with Gasteiger partial charge in [-0.15, -0.1) is 0 Å². The third-order valence-electron chi connectivity index (χ3n) is 3.56. The van der Waals surface area contributed by atoms with Gasteiger partial charge in [-0.2, -0.15) is 0 Å². The van der Waals surface area contributed by atoms with E-state index in [4.69, 9.17) is 4.74 Å². The zero-order chi connectivity index (χ0) is 14.2. The van der Waals surface area contributed by atoms with E-state index in [0.29, 0.717) is 6.54 Å². The SMILES string of the molecule is CC(Oc1ccccc1)C(=O)NCCC1=CCCCC1. The van der Waals surface area contributed by atoms with Crippen molar-refractivity contribution in [3.05, 3.63) is 42.0 Å². The van der Waals surface area contributed by atoms with Crippen LogP contribution in [0.5, 0.6) is 5.75 Å². The highest BCUT2D eigenvalue weighted by Crippen LogP contribution is 2.19. The predicted molar refractivity (Wildman–Crippen MR) is 80.7 cm³/mol. The van der Waals surface area contributed by atoms with Crippen molar-refractivity contribution in [1.82, 2.24) is 5.32 Å². The molecule has 0 saturated carbocycles. The average Bonchev–Trinajstić information content (AvgIpc) is 2.49. The summed E-state index contributed by atoms with van der Waals surface area (Å²) in [5.74, 6) is 0.676. The van der Waals surface area contributed by atoms with Crippen molar-refractivity contribution in [1.29, 1.82) is 0 Å². The summed E-state index contributed by atoms with van der Waals surface area (Å²) in [5.41, 5.74) is 1.48. The first-order valence-electron chi connectivity index (χ1n) is 7.43. The van der Waals surface area contributed by atoms with Gasteiger partial charge < -0.3 is 10.1 Å². The van der Waals surface area contributed by atoms with Gasteiger partial charge in [0.05, 0.1) is 0 Å². The Morgan fingerprint density at radius 2 is 2.10 bits per heavy atom. The number of amides is 1. The standard InChI is InChI=1S/C17H23NO2/c1-14(20-16-10-6-3-7-11-16)17(19)18-13-12-15-8-4-2-5-9-15/h3,6-8,10-11,14H,2,4-5,9,12-13H2,1H3,(H,18,19). The monoisotopic (exact) mass is 273 g/mol. The smallest absolute Gasteiger partial charge is 0.260 e. The lowest BCUT2D eigenvalue weighted by molar-refractivity contribution is -0.127. The first kappa shape index (κ1) is 14.6. The third-order valence-corrected chi connectivity index (χ3v) is 3.56. The molecule has 108 valence electrons. The Labute approximate surface area is 121 Å². The number of carbonyl (C=O) groups is 1. The Balaban J connectivity index is 1.70. The number of allylic oxidation sites excluding steroid dienone is 1. The summed E-state index contributed by atoms with van der Waals surface area (Å²) in [5, 5.41) is 2.95. The van der Waals surface area contributed by atoms with Crippen LogP contribution in [0, 0.1) is 0 Å². The van der Waals surface area contributed by atoms with Crippen molar-refractivity contribution in [2.45, 2.75) is 45.1 Å². The molecule has 0 aromatic heterocycles. The number of para-hydroxylation sites is 1. The summed E-state index contributed by atoms with van der Waals surface area (Å²) in [6.45, 7) is 2.48. The highest BCUT2D eigenvalue weighted by molar-refractivity contribution is 5.80. The second-order valence-corrected chi connectivity index (χ2v) is 5.22. The van der Waals surface area contributed by atoms with Crippen molar-refractivity contribution in [2.75, 3.05) is 6.54 Å². The highest BCUT2D eigenvalue weighted by atomic mass is 16.5. The minimum Gasteiger partial charge on any atom is -0.481 e. The number of ether oxygens (including phenoxy) is 1. The molecule has 2 rings (SSSR count). The van der Waals surface area contributed by atoms with Crippen LogP contribution >= 0.6 is 0 Å². The maximum absolute atomic E-state index is 11.9. The van der Waals surface area contributed by atoms with E-state index in [1.54, 1.807) is 6.92 Å². The second kappa shape index (κ2) is 7.73. The first-order chi connectivity index (χ1) is 9.75. The minimum atomic E-state index is -0.460. The molecule has 0 saturated heterocycles. The molecule has 0 bridgehead atoms. The molecule has 1 unspecified atom stereocenters. The van der Waals surface area contributed by atoms with E-state index in [1.165, 1.54) is 31.3 Å². The molecule has 1 aromatic rings. The predicted octanol–water partition coefficient (Wildman–Crippen LogP) is 3.46. The van der Waals surface area contributed by atoms with Gasteiger partial charge in [0.1, 0.15) is 5.75 Å². The van der Waals surface area contributed by atoms with E-state index in [0.717, 1.165) is 12.2 Å². The largest absolute Gasteiger partial charge is 0.481 e. The summed E-state index contributed by atoms with van der Waals surface area (Å²) in [4.78, 5) is 11.9. The molecule has 0 radical (unpaired) electrons. The zero-order valence-corrected chi connectivity index (χ0v) is 12.1. The normalized spacial score (nSPS) is 16.1. The van der Waals surface area contributed by atoms with Gasteiger partial charge >= 0.3 is 0 Å². The van der Waals surface area contributed by atoms with Crippen LogP contribution in [-0.2, 0) is 4.79 Å². The van der Waals surface area contributed by atoms with E-state index >= 15 is 0 Å². The maximum atomic E-state index is 11.9. The van der Waals surface area contributed by atoms with Crippen LogP contribution in [0.4, 0.5) is 0 Å². The molecule has 1 N–H and O–H groups in total. The molecular formula is C17H23NO2. The Morgan fingerprint density at radius 1 is 1.30 bits per heavy atom. The van der Waals surface area contributed by atoms with Crippen molar-refractivity contribution < 1.29 is 9.53 Å². The molecule has 1 aliphatic rings. The Morgan fingerprint density at radius 3 is 2.80 bits per heavy atom. The Bertz CT molecular complexity index is 453. The van der Waals surface area contributed by atoms with Gasteiger partial charge in [0, 0.05) is 6.54 Å². The van der Waals surface area contributed by atoms with Gasteiger partial charge in [-0.05, 0) is 51.2 Å². The van der Waals surface area contributed by atoms with E-state index < -0.39 is 6.10 Å². The summed E-state index contributed by atoms with van der Waals surface area (Å²) in [7, 11) is 0. The second-order valence-electron chi connectivity index (χ2n) is 5.22. The van der Waals surface area contributed by atoms with Crippen molar-refractivity contribution in [3.8, 4) is 5.75 Å². The molecule has 0 fully saturated rings. The lowest BCUT2D eigenvalue weighted by Gasteiger charge is -2.16. The first-order valence-corrected chi connectivity index (χ1v) is 7.43. The number of benzene rings is 1. The summed E-state index contributed by atoms with van der Waals surface area (Å²) < 4.78 is 5.59. The lowest BCUT2D eigenvalue weighted by Crippen LogP contribution is -2.36. The molecule has 1 aliphatic carbocycles. The molecular weight excluding hydrogens is 250 g/mol. The number of rotatable bonds is 6. The van der Waals surface area contributed by atoms with Gasteiger partial charge in [-0.3, -0.25) is 4.79 Å². The summed E-state index contributed by atoms with van der Waals surface area (Å²) in [6.07, 6.45) is 7.79. The zero-order valence-electron chi connectivity index (χ0n) is 12.1. The average molecular weight is 273 g/mol. The highest BCUT2D eigenvalue weighted by Gasteiger charge is 2.14. The Hall–Kier alpha value is -1.77. The number of hydrogen-bond donors (Lipinski definition) is 1.